The number of carbonyl (C=O) groups is 1. The number of anilines is 1. The molecular weight excluding hydrogens is 437 g/mol. The Morgan fingerprint density at radius 3 is 2.36 bits per heavy atom. The SMILES string of the molecule is N=C(C1=C(N)NC(=O)[C@H](O)[C@@H]1C(F)(F)F)C1CCN(c2ccc(-c3ccccc3)nn2)CC1. The van der Waals surface area contributed by atoms with Crippen LogP contribution in [0, 0.1) is 17.2 Å². The Hall–Kier alpha value is -3.47. The van der Waals surface area contributed by atoms with Crippen LogP contribution in [0.3, 0.4) is 0 Å². The van der Waals surface area contributed by atoms with Gasteiger partial charge in [-0.1, -0.05) is 30.3 Å². The van der Waals surface area contributed by atoms with E-state index in [0.717, 1.165) is 11.3 Å². The van der Waals surface area contributed by atoms with Crippen molar-refractivity contribution in [3.63, 3.8) is 0 Å². The van der Waals surface area contributed by atoms with Gasteiger partial charge in [-0.05, 0) is 25.0 Å². The monoisotopic (exact) mass is 460 g/mol. The average molecular weight is 460 g/mol. The highest BCUT2D eigenvalue weighted by Gasteiger charge is 2.53. The molecule has 0 radical (unpaired) electrons. The van der Waals surface area contributed by atoms with Gasteiger partial charge in [0.25, 0.3) is 5.91 Å². The highest BCUT2D eigenvalue weighted by molar-refractivity contribution is 6.03. The van der Waals surface area contributed by atoms with Crippen LogP contribution in [0.1, 0.15) is 12.8 Å². The van der Waals surface area contributed by atoms with Crippen molar-refractivity contribution >= 4 is 17.4 Å². The molecule has 0 aliphatic carbocycles. The Kier molecular flexibility index (Phi) is 6.07. The normalized spacial score (nSPS) is 22.3. The number of carbonyl (C=O) groups excluding carboxylic acids is 1. The van der Waals surface area contributed by atoms with Crippen molar-refractivity contribution in [3.8, 4) is 11.3 Å². The van der Waals surface area contributed by atoms with Gasteiger partial charge in [0, 0.05) is 35.9 Å². The number of hydrogen-bond donors (Lipinski definition) is 4. The second-order valence-corrected chi connectivity index (χ2v) is 8.10. The fourth-order valence-corrected chi connectivity index (χ4v) is 4.28. The second kappa shape index (κ2) is 8.81. The summed E-state index contributed by atoms with van der Waals surface area (Å²) >= 11 is 0. The van der Waals surface area contributed by atoms with Gasteiger partial charge in [-0.15, -0.1) is 10.2 Å². The molecule has 1 saturated heterocycles. The molecule has 3 heterocycles. The van der Waals surface area contributed by atoms with E-state index >= 15 is 0 Å². The summed E-state index contributed by atoms with van der Waals surface area (Å²) in [5, 5.41) is 28.9. The van der Waals surface area contributed by atoms with Gasteiger partial charge in [0.2, 0.25) is 0 Å². The first-order valence-electron chi connectivity index (χ1n) is 10.4. The van der Waals surface area contributed by atoms with Crippen molar-refractivity contribution in [1.29, 1.82) is 5.41 Å². The van der Waals surface area contributed by atoms with E-state index in [9.17, 15) is 23.1 Å². The standard InChI is InChI=1S/C22H23F3N6O2/c23-22(24,25)17-16(20(27)28-21(33)19(17)32)18(26)13-8-10-31(11-9-13)15-7-6-14(29-30-15)12-4-2-1-3-5-12/h1-7,13,17,19,26,32H,8-11,27H2,(H,28,33)/t17-,19-/m1/s1. The zero-order valence-electron chi connectivity index (χ0n) is 17.5. The summed E-state index contributed by atoms with van der Waals surface area (Å²) in [5.41, 5.74) is 6.48. The number of piperidine rings is 1. The van der Waals surface area contributed by atoms with Gasteiger partial charge in [-0.25, -0.2) is 0 Å². The van der Waals surface area contributed by atoms with Gasteiger partial charge in [0.1, 0.15) is 17.8 Å². The summed E-state index contributed by atoms with van der Waals surface area (Å²) in [6.45, 7) is 0.927. The molecule has 1 fully saturated rings. The van der Waals surface area contributed by atoms with Gasteiger partial charge in [-0.3, -0.25) is 4.79 Å². The maximum atomic E-state index is 13.6. The number of alkyl halides is 3. The number of nitrogens with zero attached hydrogens (tertiary/aromatic N) is 3. The molecule has 0 unspecified atom stereocenters. The molecule has 2 aliphatic rings. The minimum atomic E-state index is -4.92. The Morgan fingerprint density at radius 2 is 1.79 bits per heavy atom. The van der Waals surface area contributed by atoms with Gasteiger partial charge in [0.05, 0.1) is 5.69 Å². The molecule has 2 atom stereocenters. The van der Waals surface area contributed by atoms with Crippen LogP contribution in [0.5, 0.6) is 0 Å². The van der Waals surface area contributed by atoms with Crippen LogP contribution in [-0.2, 0) is 4.79 Å². The second-order valence-electron chi connectivity index (χ2n) is 8.10. The molecular formula is C22H23F3N6O2. The van der Waals surface area contributed by atoms with Crippen molar-refractivity contribution < 1.29 is 23.1 Å². The Bertz CT molecular complexity index is 1060. The van der Waals surface area contributed by atoms with Crippen LogP contribution in [0.15, 0.2) is 53.9 Å². The number of aromatic nitrogens is 2. The zero-order valence-corrected chi connectivity index (χ0v) is 17.5. The number of nitrogens with one attached hydrogen (secondary N) is 2. The highest BCUT2D eigenvalue weighted by atomic mass is 19.4. The maximum Gasteiger partial charge on any atom is 0.398 e. The molecule has 33 heavy (non-hydrogen) atoms. The Morgan fingerprint density at radius 1 is 1.12 bits per heavy atom. The van der Waals surface area contributed by atoms with E-state index in [1.165, 1.54) is 0 Å². The lowest BCUT2D eigenvalue weighted by molar-refractivity contribution is -0.192. The molecule has 2 aliphatic heterocycles. The smallest absolute Gasteiger partial charge is 0.385 e. The molecule has 11 heteroatoms. The summed E-state index contributed by atoms with van der Waals surface area (Å²) < 4.78 is 40.8. The van der Waals surface area contributed by atoms with Crippen LogP contribution >= 0.6 is 0 Å². The van der Waals surface area contributed by atoms with E-state index < -0.39 is 41.4 Å². The van der Waals surface area contributed by atoms with Crippen molar-refractivity contribution in [3.05, 3.63) is 53.9 Å². The lowest BCUT2D eigenvalue weighted by Crippen LogP contribution is -2.54. The Labute approximate surface area is 187 Å². The third kappa shape index (κ3) is 4.54. The summed E-state index contributed by atoms with van der Waals surface area (Å²) in [5.74, 6) is -4.13. The number of aliphatic hydroxyl groups excluding tert-OH is 1. The molecule has 2 aromatic rings. The summed E-state index contributed by atoms with van der Waals surface area (Å²) in [4.78, 5) is 13.6. The minimum absolute atomic E-state index is 0.306. The van der Waals surface area contributed by atoms with Gasteiger partial charge >= 0.3 is 6.18 Å². The van der Waals surface area contributed by atoms with Crippen LogP contribution < -0.4 is 16.0 Å². The molecule has 174 valence electrons. The first-order valence-corrected chi connectivity index (χ1v) is 10.4. The largest absolute Gasteiger partial charge is 0.398 e. The number of amides is 1. The van der Waals surface area contributed by atoms with Crippen LogP contribution in [0.25, 0.3) is 11.3 Å². The maximum absolute atomic E-state index is 13.6. The number of nitrogens with two attached hydrogens (primary N) is 1. The average Bonchev–Trinajstić information content (AvgIpc) is 2.81. The van der Waals surface area contributed by atoms with Crippen LogP contribution in [-0.4, -0.2) is 52.3 Å². The molecule has 4 rings (SSSR count). The highest BCUT2D eigenvalue weighted by Crippen LogP contribution is 2.40. The lowest BCUT2D eigenvalue weighted by Gasteiger charge is -2.37. The molecule has 0 spiro atoms. The molecule has 1 aromatic carbocycles. The predicted molar refractivity (Wildman–Crippen MR) is 115 cm³/mol. The van der Waals surface area contributed by atoms with Crippen LogP contribution in [0.4, 0.5) is 19.0 Å². The topological polar surface area (TPSA) is 128 Å². The molecule has 1 amide bonds. The zero-order chi connectivity index (χ0) is 23.8. The first kappa shape index (κ1) is 22.7. The lowest BCUT2D eigenvalue weighted by atomic mass is 9.79. The summed E-state index contributed by atoms with van der Waals surface area (Å²) in [7, 11) is 0. The number of rotatable bonds is 4. The van der Waals surface area contributed by atoms with Crippen LogP contribution in [0.2, 0.25) is 0 Å². The number of hydrogen-bond acceptors (Lipinski definition) is 7. The number of aliphatic hydroxyl groups is 1. The molecule has 8 nitrogen and oxygen atoms in total. The molecule has 0 bridgehead atoms. The van der Waals surface area contributed by atoms with Crippen molar-refractivity contribution in [2.24, 2.45) is 17.6 Å². The molecule has 0 saturated carbocycles. The summed E-state index contributed by atoms with van der Waals surface area (Å²) in [6, 6.07) is 13.3. The molecule has 5 N–H and O–H groups in total. The predicted octanol–water partition coefficient (Wildman–Crippen LogP) is 2.22. The van der Waals surface area contributed by atoms with E-state index in [4.69, 9.17) is 11.1 Å². The van der Waals surface area contributed by atoms with E-state index in [2.05, 4.69) is 15.5 Å². The quantitative estimate of drug-likeness (QED) is 0.518. The van der Waals surface area contributed by atoms with E-state index in [-0.39, 0.29) is 5.71 Å². The van der Waals surface area contributed by atoms with E-state index in [1.54, 1.807) is 0 Å². The first-order chi connectivity index (χ1) is 15.7. The summed E-state index contributed by atoms with van der Waals surface area (Å²) in [6.07, 6.45) is -6.47. The van der Waals surface area contributed by atoms with Gasteiger partial charge in [-0.2, -0.15) is 13.2 Å². The fraction of sp³-hybridized carbons (Fsp3) is 0.364. The van der Waals surface area contributed by atoms with Gasteiger partial charge in [0.15, 0.2) is 5.82 Å². The number of benzene rings is 1. The fourth-order valence-electron chi connectivity index (χ4n) is 4.28. The van der Waals surface area contributed by atoms with Crippen molar-refractivity contribution in [2.75, 3.05) is 18.0 Å². The van der Waals surface area contributed by atoms with Gasteiger partial charge < -0.3 is 26.5 Å². The van der Waals surface area contributed by atoms with Crippen molar-refractivity contribution in [1.82, 2.24) is 15.5 Å². The third-order valence-electron chi connectivity index (χ3n) is 6.03. The number of halogens is 3. The third-order valence-corrected chi connectivity index (χ3v) is 6.03. The van der Waals surface area contributed by atoms with E-state index in [0.29, 0.717) is 31.7 Å². The molecule has 1 aromatic heterocycles. The van der Waals surface area contributed by atoms with E-state index in [1.807, 2.05) is 47.4 Å². The van der Waals surface area contributed by atoms with Crippen molar-refractivity contribution in [2.45, 2.75) is 25.1 Å². The minimum Gasteiger partial charge on any atom is -0.385 e. The Balaban J connectivity index is 1.46.